The van der Waals surface area contributed by atoms with Crippen molar-refractivity contribution >= 4 is 11.7 Å². The van der Waals surface area contributed by atoms with E-state index in [0.29, 0.717) is 37.2 Å². The highest BCUT2D eigenvalue weighted by molar-refractivity contribution is 5.93. The van der Waals surface area contributed by atoms with Crippen molar-refractivity contribution < 1.29 is 9.53 Å². The summed E-state index contributed by atoms with van der Waals surface area (Å²) in [5.74, 6) is 0.641. The van der Waals surface area contributed by atoms with Crippen molar-refractivity contribution in [3.63, 3.8) is 0 Å². The molecule has 1 aliphatic heterocycles. The third-order valence-corrected chi connectivity index (χ3v) is 5.29. The molecule has 6 heteroatoms. The predicted octanol–water partition coefficient (Wildman–Crippen LogP) is 2.36. The van der Waals surface area contributed by atoms with Gasteiger partial charge in [0.2, 0.25) is 5.91 Å². The Morgan fingerprint density at radius 3 is 2.58 bits per heavy atom. The molecule has 2 heterocycles. The van der Waals surface area contributed by atoms with Crippen molar-refractivity contribution in [2.75, 3.05) is 38.2 Å². The number of hydrogen-bond acceptors (Lipinski definition) is 4. The molecule has 3 rings (SSSR count). The van der Waals surface area contributed by atoms with Crippen LogP contribution in [0.4, 0.5) is 5.82 Å². The van der Waals surface area contributed by atoms with Crippen LogP contribution in [0.1, 0.15) is 48.5 Å². The van der Waals surface area contributed by atoms with E-state index in [1.807, 2.05) is 13.8 Å². The second-order valence-corrected chi connectivity index (χ2v) is 6.79. The summed E-state index contributed by atoms with van der Waals surface area (Å²) in [5.41, 5.74) is 2.68. The molecule has 130 valence electrons. The number of carbonyl (C=O) groups excluding carboxylic acids is 1. The Morgan fingerprint density at radius 1 is 1.29 bits per heavy atom. The Labute approximate surface area is 143 Å². The maximum atomic E-state index is 12.5. The summed E-state index contributed by atoms with van der Waals surface area (Å²) in [4.78, 5) is 14.6. The molecule has 1 amide bonds. The number of ether oxygens (including phenoxy) is 1. The van der Waals surface area contributed by atoms with E-state index in [2.05, 4.69) is 20.9 Å². The van der Waals surface area contributed by atoms with Gasteiger partial charge in [-0.15, -0.1) is 0 Å². The lowest BCUT2D eigenvalue weighted by Crippen LogP contribution is -2.41. The summed E-state index contributed by atoms with van der Waals surface area (Å²) in [7, 11) is 0. The fraction of sp³-hybridized carbons (Fsp3) is 0.667. The van der Waals surface area contributed by atoms with Crippen molar-refractivity contribution in [1.29, 1.82) is 5.26 Å². The second kappa shape index (κ2) is 7.37. The topological polar surface area (TPSA) is 70.3 Å². The summed E-state index contributed by atoms with van der Waals surface area (Å²) in [6, 6.07) is 2.68. The monoisotopic (exact) mass is 330 g/mol. The van der Waals surface area contributed by atoms with Gasteiger partial charge in [-0.3, -0.25) is 9.69 Å². The van der Waals surface area contributed by atoms with Crippen molar-refractivity contribution in [3.8, 4) is 6.07 Å². The van der Waals surface area contributed by atoms with Crippen LogP contribution in [-0.2, 0) is 9.53 Å². The Balaban J connectivity index is 1.81. The van der Waals surface area contributed by atoms with Gasteiger partial charge in [-0.25, -0.2) is 0 Å². The minimum atomic E-state index is -0.0508. The fourth-order valence-corrected chi connectivity index (χ4v) is 3.84. The minimum absolute atomic E-state index is 0.0508. The first-order valence-electron chi connectivity index (χ1n) is 8.83. The SMILES string of the molecule is Cc1c(C#N)c(NC(=O)CN2CCOCC2)n(C2CCCC2)c1C. The number of anilines is 1. The van der Waals surface area contributed by atoms with Crippen molar-refractivity contribution in [1.82, 2.24) is 9.47 Å². The minimum Gasteiger partial charge on any atom is -0.379 e. The van der Waals surface area contributed by atoms with Gasteiger partial charge in [-0.2, -0.15) is 5.26 Å². The van der Waals surface area contributed by atoms with Gasteiger partial charge in [0, 0.05) is 24.8 Å². The first-order valence-corrected chi connectivity index (χ1v) is 8.83. The van der Waals surface area contributed by atoms with Crippen LogP contribution in [0.15, 0.2) is 0 Å². The molecule has 6 nitrogen and oxygen atoms in total. The number of nitrogens with zero attached hydrogens (tertiary/aromatic N) is 3. The molecule has 2 fully saturated rings. The zero-order valence-electron chi connectivity index (χ0n) is 14.6. The molecule has 1 aromatic heterocycles. The molecule has 1 saturated carbocycles. The molecule has 1 saturated heterocycles. The second-order valence-electron chi connectivity index (χ2n) is 6.79. The van der Waals surface area contributed by atoms with Crippen LogP contribution in [0, 0.1) is 25.2 Å². The molecular weight excluding hydrogens is 304 g/mol. The molecule has 24 heavy (non-hydrogen) atoms. The number of amides is 1. The number of nitrogens with one attached hydrogen (secondary N) is 1. The summed E-state index contributed by atoms with van der Waals surface area (Å²) >= 11 is 0. The summed E-state index contributed by atoms with van der Waals surface area (Å²) in [5, 5.41) is 12.6. The van der Waals surface area contributed by atoms with Crippen molar-refractivity contribution in [2.45, 2.75) is 45.6 Å². The van der Waals surface area contributed by atoms with Gasteiger partial charge in [0.15, 0.2) is 0 Å². The highest BCUT2D eigenvalue weighted by Crippen LogP contribution is 2.37. The maximum absolute atomic E-state index is 12.5. The Bertz CT molecular complexity index is 647. The third-order valence-electron chi connectivity index (χ3n) is 5.29. The predicted molar refractivity (Wildman–Crippen MR) is 92.0 cm³/mol. The zero-order chi connectivity index (χ0) is 17.1. The number of carbonyl (C=O) groups is 1. The Kier molecular flexibility index (Phi) is 5.22. The molecule has 0 aromatic carbocycles. The van der Waals surface area contributed by atoms with Gasteiger partial charge in [-0.05, 0) is 32.3 Å². The van der Waals surface area contributed by atoms with Crippen LogP contribution in [0.2, 0.25) is 0 Å². The molecule has 0 unspecified atom stereocenters. The van der Waals surface area contributed by atoms with Crippen LogP contribution in [0.5, 0.6) is 0 Å². The van der Waals surface area contributed by atoms with E-state index in [4.69, 9.17) is 4.74 Å². The average Bonchev–Trinajstić information content (AvgIpc) is 3.16. The molecule has 2 aliphatic rings. The number of rotatable bonds is 4. The number of morpholine rings is 1. The lowest BCUT2D eigenvalue weighted by atomic mass is 10.2. The fourth-order valence-electron chi connectivity index (χ4n) is 3.84. The first-order chi connectivity index (χ1) is 11.6. The number of nitriles is 1. The highest BCUT2D eigenvalue weighted by atomic mass is 16.5. The highest BCUT2D eigenvalue weighted by Gasteiger charge is 2.27. The van der Waals surface area contributed by atoms with E-state index in [1.54, 1.807) is 0 Å². The zero-order valence-corrected chi connectivity index (χ0v) is 14.6. The lowest BCUT2D eigenvalue weighted by molar-refractivity contribution is -0.118. The van der Waals surface area contributed by atoms with Crippen LogP contribution >= 0.6 is 0 Å². The Hall–Kier alpha value is -1.84. The summed E-state index contributed by atoms with van der Waals surface area (Å²) in [6.07, 6.45) is 4.66. The van der Waals surface area contributed by atoms with E-state index in [9.17, 15) is 10.1 Å². The van der Waals surface area contributed by atoms with Gasteiger partial charge in [-0.1, -0.05) is 12.8 Å². The van der Waals surface area contributed by atoms with E-state index in [0.717, 1.165) is 37.2 Å². The van der Waals surface area contributed by atoms with E-state index < -0.39 is 0 Å². The molecular formula is C18H26N4O2. The van der Waals surface area contributed by atoms with E-state index in [1.165, 1.54) is 12.8 Å². The number of hydrogen-bond donors (Lipinski definition) is 1. The quantitative estimate of drug-likeness (QED) is 0.920. The smallest absolute Gasteiger partial charge is 0.239 e. The molecule has 1 N–H and O–H groups in total. The van der Waals surface area contributed by atoms with Gasteiger partial charge >= 0.3 is 0 Å². The third kappa shape index (κ3) is 3.33. The molecule has 0 atom stereocenters. The van der Waals surface area contributed by atoms with Crippen molar-refractivity contribution in [2.24, 2.45) is 0 Å². The van der Waals surface area contributed by atoms with E-state index in [-0.39, 0.29) is 5.91 Å². The van der Waals surface area contributed by atoms with Gasteiger partial charge in [0.1, 0.15) is 11.9 Å². The largest absolute Gasteiger partial charge is 0.379 e. The van der Waals surface area contributed by atoms with Gasteiger partial charge in [0.05, 0.1) is 25.3 Å². The molecule has 1 aromatic rings. The molecule has 0 spiro atoms. The van der Waals surface area contributed by atoms with E-state index >= 15 is 0 Å². The molecule has 0 bridgehead atoms. The maximum Gasteiger partial charge on any atom is 0.239 e. The average molecular weight is 330 g/mol. The molecule has 1 aliphatic carbocycles. The van der Waals surface area contributed by atoms with Crippen LogP contribution < -0.4 is 5.32 Å². The lowest BCUT2D eigenvalue weighted by Gasteiger charge is -2.26. The summed E-state index contributed by atoms with van der Waals surface area (Å²) < 4.78 is 7.51. The van der Waals surface area contributed by atoms with Crippen LogP contribution in [-0.4, -0.2) is 48.2 Å². The Morgan fingerprint density at radius 2 is 1.96 bits per heavy atom. The van der Waals surface area contributed by atoms with Gasteiger partial charge in [0.25, 0.3) is 0 Å². The van der Waals surface area contributed by atoms with Crippen LogP contribution in [0.3, 0.4) is 0 Å². The van der Waals surface area contributed by atoms with Crippen molar-refractivity contribution in [3.05, 3.63) is 16.8 Å². The first kappa shape index (κ1) is 17.0. The van der Waals surface area contributed by atoms with Crippen LogP contribution in [0.25, 0.3) is 0 Å². The number of aromatic nitrogens is 1. The molecule has 0 radical (unpaired) electrons. The van der Waals surface area contributed by atoms with Gasteiger partial charge < -0.3 is 14.6 Å². The normalized spacial score (nSPS) is 19.4. The standard InChI is InChI=1S/C18H26N4O2/c1-13-14(2)22(15-5-3-4-6-15)18(16(13)11-19)20-17(23)12-21-7-9-24-10-8-21/h15H,3-10,12H2,1-2H3,(H,20,23). The summed E-state index contributed by atoms with van der Waals surface area (Å²) in [6.45, 7) is 7.27.